The standard InChI is InChI=1S/C20H24N4O3/c1-20(18(26)21-2)7-9-24(10-8-20)19-22-15-12-27-16-6-4-3-5-13(16)11-14(15)17(25)23-19/h3-6H,7-12H2,1-2H3,(H,21,26)(H,22,23,25). The normalized spacial score (nSPS) is 17.9. The van der Waals surface area contributed by atoms with Crippen molar-refractivity contribution in [1.29, 1.82) is 0 Å². The molecule has 3 heterocycles. The van der Waals surface area contributed by atoms with Gasteiger partial charge < -0.3 is 15.0 Å². The number of aromatic nitrogens is 2. The minimum absolute atomic E-state index is 0.0664. The van der Waals surface area contributed by atoms with Gasteiger partial charge in [-0.1, -0.05) is 25.1 Å². The van der Waals surface area contributed by atoms with Gasteiger partial charge in [-0.2, -0.15) is 0 Å². The fourth-order valence-corrected chi connectivity index (χ4v) is 3.85. The molecule has 1 aromatic heterocycles. The van der Waals surface area contributed by atoms with E-state index in [9.17, 15) is 9.59 Å². The van der Waals surface area contributed by atoms with E-state index in [-0.39, 0.29) is 23.5 Å². The third-order valence-electron chi connectivity index (χ3n) is 5.73. The van der Waals surface area contributed by atoms with Crippen molar-refractivity contribution in [3.63, 3.8) is 0 Å². The number of amides is 1. The molecule has 7 heteroatoms. The number of carbonyl (C=O) groups is 1. The summed E-state index contributed by atoms with van der Waals surface area (Å²) in [6.45, 7) is 3.62. The van der Waals surface area contributed by atoms with Gasteiger partial charge in [-0.15, -0.1) is 0 Å². The number of nitrogens with zero attached hydrogens (tertiary/aromatic N) is 2. The average Bonchev–Trinajstić information content (AvgIpc) is 2.88. The molecule has 0 atom stereocenters. The smallest absolute Gasteiger partial charge is 0.256 e. The van der Waals surface area contributed by atoms with Crippen LogP contribution in [-0.4, -0.2) is 36.0 Å². The van der Waals surface area contributed by atoms with Crippen LogP contribution in [0.15, 0.2) is 29.1 Å². The summed E-state index contributed by atoms with van der Waals surface area (Å²) in [6.07, 6.45) is 1.95. The van der Waals surface area contributed by atoms with Crippen molar-refractivity contribution in [1.82, 2.24) is 15.3 Å². The van der Waals surface area contributed by atoms with E-state index in [2.05, 4.69) is 10.3 Å². The second-order valence-corrected chi connectivity index (χ2v) is 7.51. The summed E-state index contributed by atoms with van der Waals surface area (Å²) in [4.78, 5) is 34.5. The highest BCUT2D eigenvalue weighted by atomic mass is 16.5. The first-order valence-corrected chi connectivity index (χ1v) is 9.30. The molecule has 0 radical (unpaired) electrons. The van der Waals surface area contributed by atoms with E-state index >= 15 is 0 Å². The van der Waals surface area contributed by atoms with Gasteiger partial charge in [0.05, 0.1) is 5.69 Å². The predicted molar refractivity (Wildman–Crippen MR) is 102 cm³/mol. The maximum Gasteiger partial charge on any atom is 0.256 e. The van der Waals surface area contributed by atoms with E-state index in [0.717, 1.165) is 24.2 Å². The number of carbonyl (C=O) groups excluding carboxylic acids is 1. The lowest BCUT2D eigenvalue weighted by Crippen LogP contribution is -2.47. The number of benzene rings is 1. The van der Waals surface area contributed by atoms with Gasteiger partial charge in [0.25, 0.3) is 5.56 Å². The fraction of sp³-hybridized carbons (Fsp3) is 0.450. The van der Waals surface area contributed by atoms with Gasteiger partial charge in [0.15, 0.2) is 0 Å². The summed E-state index contributed by atoms with van der Waals surface area (Å²) >= 11 is 0. The molecule has 0 spiro atoms. The van der Waals surface area contributed by atoms with Crippen molar-refractivity contribution in [2.24, 2.45) is 5.41 Å². The van der Waals surface area contributed by atoms with Gasteiger partial charge in [0.1, 0.15) is 12.4 Å². The molecule has 1 amide bonds. The maximum absolute atomic E-state index is 12.7. The minimum atomic E-state index is -0.373. The van der Waals surface area contributed by atoms with E-state index in [1.165, 1.54) is 0 Å². The molecule has 1 saturated heterocycles. The SMILES string of the molecule is CNC(=O)C1(C)CCN(c2nc3c(c(=O)[nH]2)Cc2ccccc2OC3)CC1. The molecule has 1 fully saturated rings. The van der Waals surface area contributed by atoms with Crippen LogP contribution < -0.4 is 20.5 Å². The Morgan fingerprint density at radius 1 is 1.30 bits per heavy atom. The van der Waals surface area contributed by atoms with E-state index < -0.39 is 0 Å². The summed E-state index contributed by atoms with van der Waals surface area (Å²) in [5, 5.41) is 2.75. The Hall–Kier alpha value is -2.83. The summed E-state index contributed by atoms with van der Waals surface area (Å²) in [7, 11) is 1.67. The largest absolute Gasteiger partial charge is 0.487 e. The quantitative estimate of drug-likeness (QED) is 0.841. The number of anilines is 1. The zero-order valence-electron chi connectivity index (χ0n) is 15.7. The van der Waals surface area contributed by atoms with Crippen LogP contribution in [0, 0.1) is 5.41 Å². The van der Waals surface area contributed by atoms with E-state index in [1.807, 2.05) is 36.1 Å². The summed E-state index contributed by atoms with van der Waals surface area (Å²) in [5.41, 5.74) is 1.85. The molecule has 0 bridgehead atoms. The van der Waals surface area contributed by atoms with Gasteiger partial charge >= 0.3 is 0 Å². The molecule has 2 aliphatic rings. The van der Waals surface area contributed by atoms with Gasteiger partial charge in [-0.25, -0.2) is 4.98 Å². The summed E-state index contributed by atoms with van der Waals surface area (Å²) in [5.74, 6) is 1.43. The Balaban J connectivity index is 1.58. The van der Waals surface area contributed by atoms with Crippen LogP contribution in [0.5, 0.6) is 5.75 Å². The first-order chi connectivity index (χ1) is 13.0. The van der Waals surface area contributed by atoms with Gasteiger partial charge in [0, 0.05) is 37.5 Å². The molecular formula is C20H24N4O3. The predicted octanol–water partition coefficient (Wildman–Crippen LogP) is 1.61. The van der Waals surface area contributed by atoms with Gasteiger partial charge in [0.2, 0.25) is 11.9 Å². The highest BCUT2D eigenvalue weighted by molar-refractivity contribution is 5.82. The molecule has 0 aliphatic carbocycles. The number of piperidine rings is 1. The summed E-state index contributed by atoms with van der Waals surface area (Å²) < 4.78 is 5.86. The van der Waals surface area contributed by atoms with Gasteiger partial charge in [-0.3, -0.25) is 14.6 Å². The number of nitrogens with one attached hydrogen (secondary N) is 2. The van der Waals surface area contributed by atoms with E-state index in [4.69, 9.17) is 9.72 Å². The van der Waals surface area contributed by atoms with Crippen LogP contribution in [0.1, 0.15) is 36.6 Å². The lowest BCUT2D eigenvalue weighted by Gasteiger charge is -2.38. The summed E-state index contributed by atoms with van der Waals surface area (Å²) in [6, 6.07) is 7.76. The number of ether oxygens (including phenoxy) is 1. The monoisotopic (exact) mass is 368 g/mol. The van der Waals surface area contributed by atoms with Crippen LogP contribution in [0.2, 0.25) is 0 Å². The maximum atomic E-state index is 12.7. The fourth-order valence-electron chi connectivity index (χ4n) is 3.85. The van der Waals surface area contributed by atoms with Crippen molar-refractivity contribution in [3.8, 4) is 5.75 Å². The first kappa shape index (κ1) is 17.6. The Morgan fingerprint density at radius 3 is 2.78 bits per heavy atom. The Labute approximate surface area is 157 Å². The number of aromatic amines is 1. The molecule has 1 aromatic carbocycles. The van der Waals surface area contributed by atoms with Crippen molar-refractivity contribution >= 4 is 11.9 Å². The second-order valence-electron chi connectivity index (χ2n) is 7.51. The van der Waals surface area contributed by atoms with Crippen LogP contribution in [0.4, 0.5) is 5.95 Å². The zero-order valence-corrected chi connectivity index (χ0v) is 15.7. The molecule has 4 rings (SSSR count). The molecule has 2 N–H and O–H groups in total. The highest BCUT2D eigenvalue weighted by Gasteiger charge is 2.37. The number of H-pyrrole nitrogens is 1. The van der Waals surface area contributed by atoms with Crippen molar-refractivity contribution in [2.45, 2.75) is 32.8 Å². The average molecular weight is 368 g/mol. The van der Waals surface area contributed by atoms with Crippen LogP contribution in [0.3, 0.4) is 0 Å². The molecule has 2 aromatic rings. The van der Waals surface area contributed by atoms with Crippen molar-refractivity contribution in [3.05, 3.63) is 51.4 Å². The number of hydrogen-bond acceptors (Lipinski definition) is 5. The number of fused-ring (bicyclic) bond motifs is 2. The van der Waals surface area contributed by atoms with Crippen LogP contribution in [-0.2, 0) is 17.8 Å². The first-order valence-electron chi connectivity index (χ1n) is 9.30. The molecule has 0 unspecified atom stereocenters. The Kier molecular flexibility index (Phi) is 4.37. The highest BCUT2D eigenvalue weighted by Crippen LogP contribution is 2.32. The molecule has 27 heavy (non-hydrogen) atoms. The van der Waals surface area contributed by atoms with E-state index in [1.54, 1.807) is 7.05 Å². The van der Waals surface area contributed by atoms with Crippen molar-refractivity contribution in [2.75, 3.05) is 25.0 Å². The second kappa shape index (κ2) is 6.72. The van der Waals surface area contributed by atoms with E-state index in [0.29, 0.717) is 36.7 Å². The molecule has 142 valence electrons. The van der Waals surface area contributed by atoms with Gasteiger partial charge in [-0.05, 0) is 24.5 Å². The molecule has 7 nitrogen and oxygen atoms in total. The number of rotatable bonds is 2. The van der Waals surface area contributed by atoms with Crippen LogP contribution in [0.25, 0.3) is 0 Å². The zero-order chi connectivity index (χ0) is 19.0. The minimum Gasteiger partial charge on any atom is -0.487 e. The Morgan fingerprint density at radius 2 is 2.04 bits per heavy atom. The topological polar surface area (TPSA) is 87.3 Å². The Bertz CT molecular complexity index is 929. The van der Waals surface area contributed by atoms with Crippen LogP contribution >= 0.6 is 0 Å². The number of para-hydroxylation sites is 1. The molecular weight excluding hydrogens is 344 g/mol. The lowest BCUT2D eigenvalue weighted by atomic mass is 9.79. The number of hydrogen-bond donors (Lipinski definition) is 2. The molecule has 0 saturated carbocycles. The third-order valence-corrected chi connectivity index (χ3v) is 5.73. The molecule has 2 aliphatic heterocycles. The van der Waals surface area contributed by atoms with Crippen molar-refractivity contribution < 1.29 is 9.53 Å². The third kappa shape index (κ3) is 3.18. The lowest BCUT2D eigenvalue weighted by molar-refractivity contribution is -0.130.